The van der Waals surface area contributed by atoms with E-state index in [2.05, 4.69) is 55.5 Å². The maximum absolute atomic E-state index is 6.12. The van der Waals surface area contributed by atoms with Crippen LogP contribution in [0, 0.1) is 5.92 Å². The molecule has 0 heterocycles. The summed E-state index contributed by atoms with van der Waals surface area (Å²) < 4.78 is 12.3. The summed E-state index contributed by atoms with van der Waals surface area (Å²) in [7, 11) is 1.69. The SMILES string of the molecule is COc1ccc(C(CI)OC(C)CC(C)C)cc1. The van der Waals surface area contributed by atoms with Crippen LogP contribution in [0.1, 0.15) is 38.9 Å². The Morgan fingerprint density at radius 3 is 2.17 bits per heavy atom. The first-order valence-electron chi connectivity index (χ1n) is 6.42. The highest BCUT2D eigenvalue weighted by Crippen LogP contribution is 2.25. The van der Waals surface area contributed by atoms with Gasteiger partial charge in [-0.15, -0.1) is 0 Å². The van der Waals surface area contributed by atoms with Crippen molar-refractivity contribution in [3.8, 4) is 5.75 Å². The molecule has 0 spiro atoms. The van der Waals surface area contributed by atoms with Crippen LogP contribution in [-0.4, -0.2) is 17.6 Å². The minimum absolute atomic E-state index is 0.172. The number of benzene rings is 1. The number of methoxy groups -OCH3 is 1. The Balaban J connectivity index is 2.64. The van der Waals surface area contributed by atoms with Crippen LogP contribution in [0.3, 0.4) is 0 Å². The van der Waals surface area contributed by atoms with E-state index in [1.54, 1.807) is 7.11 Å². The molecule has 1 aromatic carbocycles. The molecule has 0 radical (unpaired) electrons. The fourth-order valence-electron chi connectivity index (χ4n) is 2.02. The Kier molecular flexibility index (Phi) is 7.00. The van der Waals surface area contributed by atoms with Gasteiger partial charge >= 0.3 is 0 Å². The molecule has 0 saturated heterocycles. The smallest absolute Gasteiger partial charge is 0.118 e. The molecular weight excluding hydrogens is 339 g/mol. The molecule has 1 aromatic rings. The lowest BCUT2D eigenvalue weighted by Crippen LogP contribution is -2.16. The summed E-state index contributed by atoms with van der Waals surface area (Å²) in [5.74, 6) is 1.56. The van der Waals surface area contributed by atoms with E-state index >= 15 is 0 Å². The van der Waals surface area contributed by atoms with Crippen LogP contribution in [0.25, 0.3) is 0 Å². The van der Waals surface area contributed by atoms with Gasteiger partial charge in [-0.25, -0.2) is 0 Å². The number of alkyl halides is 1. The van der Waals surface area contributed by atoms with Crippen molar-refractivity contribution in [3.05, 3.63) is 29.8 Å². The van der Waals surface area contributed by atoms with Crippen LogP contribution in [0.4, 0.5) is 0 Å². The molecule has 0 fully saturated rings. The summed E-state index contributed by atoms with van der Waals surface area (Å²) in [6.45, 7) is 6.61. The number of halogens is 1. The number of rotatable bonds is 7. The average Bonchev–Trinajstić information content (AvgIpc) is 2.35. The van der Waals surface area contributed by atoms with Crippen molar-refractivity contribution in [1.29, 1.82) is 0 Å². The number of hydrogen-bond donors (Lipinski definition) is 0. The largest absolute Gasteiger partial charge is 0.497 e. The second-order valence-electron chi connectivity index (χ2n) is 4.99. The number of ether oxygens (including phenoxy) is 2. The monoisotopic (exact) mass is 362 g/mol. The van der Waals surface area contributed by atoms with Gasteiger partial charge in [0.15, 0.2) is 0 Å². The van der Waals surface area contributed by atoms with Crippen molar-refractivity contribution in [2.75, 3.05) is 11.5 Å². The molecule has 0 aliphatic heterocycles. The third-order valence-electron chi connectivity index (χ3n) is 2.83. The van der Waals surface area contributed by atoms with Crippen molar-refractivity contribution in [2.45, 2.75) is 39.4 Å². The van der Waals surface area contributed by atoms with Gasteiger partial charge in [-0.1, -0.05) is 48.6 Å². The van der Waals surface area contributed by atoms with Gasteiger partial charge in [0.25, 0.3) is 0 Å². The molecule has 2 nitrogen and oxygen atoms in total. The molecule has 1 rings (SSSR count). The van der Waals surface area contributed by atoms with Gasteiger partial charge in [-0.2, -0.15) is 0 Å². The molecule has 0 N–H and O–H groups in total. The molecule has 0 aliphatic carbocycles. The Morgan fingerprint density at radius 2 is 1.72 bits per heavy atom. The van der Waals surface area contributed by atoms with Crippen LogP contribution in [0.5, 0.6) is 5.75 Å². The molecule has 0 amide bonds. The van der Waals surface area contributed by atoms with Crippen molar-refractivity contribution >= 4 is 22.6 Å². The zero-order valence-electron chi connectivity index (χ0n) is 11.7. The van der Waals surface area contributed by atoms with Gasteiger partial charge in [-0.3, -0.25) is 0 Å². The summed E-state index contributed by atoms with van der Waals surface area (Å²) >= 11 is 2.38. The molecule has 2 atom stereocenters. The fourth-order valence-corrected chi connectivity index (χ4v) is 2.74. The van der Waals surface area contributed by atoms with E-state index in [1.165, 1.54) is 5.56 Å². The highest BCUT2D eigenvalue weighted by molar-refractivity contribution is 14.1. The normalized spacial score (nSPS) is 14.6. The quantitative estimate of drug-likeness (QED) is 0.520. The van der Waals surface area contributed by atoms with E-state index in [0.29, 0.717) is 12.0 Å². The van der Waals surface area contributed by atoms with Gasteiger partial charge in [0.1, 0.15) is 5.75 Å². The molecule has 3 heteroatoms. The summed E-state index contributed by atoms with van der Waals surface area (Å²) in [6, 6.07) is 8.16. The van der Waals surface area contributed by atoms with Gasteiger partial charge in [-0.05, 0) is 37.0 Å². The summed E-state index contributed by atoms with van der Waals surface area (Å²) in [4.78, 5) is 0. The van der Waals surface area contributed by atoms with Gasteiger partial charge in [0, 0.05) is 4.43 Å². The Morgan fingerprint density at radius 1 is 1.11 bits per heavy atom. The molecule has 102 valence electrons. The summed E-state index contributed by atoms with van der Waals surface area (Å²) in [6.07, 6.45) is 1.57. The standard InChI is InChI=1S/C15H23IO2/c1-11(2)9-12(3)18-15(10-16)13-5-7-14(17-4)8-6-13/h5-8,11-12,15H,9-10H2,1-4H3. The number of hydrogen-bond acceptors (Lipinski definition) is 2. The van der Waals surface area contributed by atoms with Crippen molar-refractivity contribution in [3.63, 3.8) is 0 Å². The topological polar surface area (TPSA) is 18.5 Å². The first kappa shape index (κ1) is 15.8. The third-order valence-corrected chi connectivity index (χ3v) is 3.63. The lowest BCUT2D eigenvalue weighted by Gasteiger charge is -2.22. The molecule has 0 saturated carbocycles. The molecule has 0 bridgehead atoms. The van der Waals surface area contributed by atoms with E-state index < -0.39 is 0 Å². The zero-order chi connectivity index (χ0) is 13.5. The van der Waals surface area contributed by atoms with Gasteiger partial charge in [0.2, 0.25) is 0 Å². The van der Waals surface area contributed by atoms with Crippen molar-refractivity contribution < 1.29 is 9.47 Å². The predicted octanol–water partition coefficient (Wildman–Crippen LogP) is 4.62. The van der Waals surface area contributed by atoms with E-state index in [-0.39, 0.29) is 6.10 Å². The Bertz CT molecular complexity index is 335. The van der Waals surface area contributed by atoms with Crippen LogP contribution in [0.2, 0.25) is 0 Å². The van der Waals surface area contributed by atoms with Crippen molar-refractivity contribution in [1.82, 2.24) is 0 Å². The van der Waals surface area contributed by atoms with Crippen LogP contribution in [-0.2, 0) is 4.74 Å². The molecular formula is C15H23IO2. The Labute approximate surface area is 124 Å². The molecule has 2 unspecified atom stereocenters. The van der Waals surface area contributed by atoms with Crippen LogP contribution in [0.15, 0.2) is 24.3 Å². The maximum Gasteiger partial charge on any atom is 0.118 e. The van der Waals surface area contributed by atoms with E-state index in [0.717, 1.165) is 16.6 Å². The summed E-state index contributed by atoms with van der Waals surface area (Å²) in [5, 5.41) is 0. The van der Waals surface area contributed by atoms with E-state index in [9.17, 15) is 0 Å². The highest BCUT2D eigenvalue weighted by atomic mass is 127. The van der Waals surface area contributed by atoms with Crippen molar-refractivity contribution in [2.24, 2.45) is 5.92 Å². The minimum atomic E-state index is 0.172. The van der Waals surface area contributed by atoms with Crippen LogP contribution >= 0.6 is 22.6 Å². The maximum atomic E-state index is 6.12. The zero-order valence-corrected chi connectivity index (χ0v) is 13.8. The van der Waals surface area contributed by atoms with Gasteiger partial charge in [0.05, 0.1) is 19.3 Å². The minimum Gasteiger partial charge on any atom is -0.497 e. The highest BCUT2D eigenvalue weighted by Gasteiger charge is 2.15. The van der Waals surface area contributed by atoms with E-state index in [1.807, 2.05) is 12.1 Å². The second-order valence-corrected chi connectivity index (χ2v) is 5.87. The van der Waals surface area contributed by atoms with Gasteiger partial charge < -0.3 is 9.47 Å². The summed E-state index contributed by atoms with van der Waals surface area (Å²) in [5.41, 5.74) is 1.22. The first-order valence-corrected chi connectivity index (χ1v) is 7.94. The predicted molar refractivity (Wildman–Crippen MR) is 84.6 cm³/mol. The van der Waals surface area contributed by atoms with Crippen LogP contribution < -0.4 is 4.74 Å². The lowest BCUT2D eigenvalue weighted by atomic mass is 10.1. The third kappa shape index (κ3) is 5.14. The lowest BCUT2D eigenvalue weighted by molar-refractivity contribution is 0.000860. The fraction of sp³-hybridized carbons (Fsp3) is 0.600. The first-order chi connectivity index (χ1) is 8.56. The molecule has 0 aromatic heterocycles. The molecule has 18 heavy (non-hydrogen) atoms. The molecule has 0 aliphatic rings. The Hall–Kier alpha value is -0.290. The second kappa shape index (κ2) is 8.00. The van der Waals surface area contributed by atoms with E-state index in [4.69, 9.17) is 9.47 Å². The average molecular weight is 362 g/mol.